The zero-order valence-electron chi connectivity index (χ0n) is 22.9. The van der Waals surface area contributed by atoms with Crippen LogP contribution in [0.5, 0.6) is 0 Å². The van der Waals surface area contributed by atoms with E-state index in [1.165, 1.54) is 12.1 Å². The van der Waals surface area contributed by atoms with Gasteiger partial charge in [-0.15, -0.1) is 0 Å². The fraction of sp³-hybridized carbons (Fsp3) is 0.226. The van der Waals surface area contributed by atoms with Gasteiger partial charge in [0.25, 0.3) is 17.5 Å². The molecule has 0 radical (unpaired) electrons. The molecule has 4 rings (SSSR count). The van der Waals surface area contributed by atoms with Gasteiger partial charge in [-0.05, 0) is 81.5 Å². The topological polar surface area (TPSA) is 113 Å². The number of nitro groups is 1. The number of non-ortho nitro benzene ring substituents is 1. The van der Waals surface area contributed by atoms with E-state index < -0.39 is 22.7 Å². The van der Waals surface area contributed by atoms with Crippen LogP contribution >= 0.6 is 0 Å². The average Bonchev–Trinajstić information content (AvgIpc) is 2.87. The van der Waals surface area contributed by atoms with Gasteiger partial charge in [-0.25, -0.2) is 0 Å². The number of allylic oxidation sites excluding steroid dienone is 2. The molecule has 8 nitrogen and oxygen atoms in total. The van der Waals surface area contributed by atoms with Gasteiger partial charge in [0.15, 0.2) is 0 Å². The molecule has 0 fully saturated rings. The van der Waals surface area contributed by atoms with Crippen LogP contribution in [-0.2, 0) is 9.59 Å². The van der Waals surface area contributed by atoms with Crippen molar-refractivity contribution >= 4 is 28.9 Å². The zero-order chi connectivity index (χ0) is 28.4. The van der Waals surface area contributed by atoms with Crippen molar-refractivity contribution in [1.29, 1.82) is 0 Å². The summed E-state index contributed by atoms with van der Waals surface area (Å²) in [5.74, 6) is -1.63. The van der Waals surface area contributed by atoms with Gasteiger partial charge in [0.1, 0.15) is 0 Å². The molecule has 1 aliphatic rings. The van der Waals surface area contributed by atoms with E-state index in [0.717, 1.165) is 22.3 Å². The van der Waals surface area contributed by atoms with E-state index in [-0.39, 0.29) is 5.69 Å². The van der Waals surface area contributed by atoms with Crippen LogP contribution in [0.4, 0.5) is 17.1 Å². The van der Waals surface area contributed by atoms with Gasteiger partial charge in [-0.3, -0.25) is 19.7 Å². The lowest BCUT2D eigenvalue weighted by Gasteiger charge is -2.31. The Morgan fingerprint density at radius 1 is 0.744 bits per heavy atom. The zero-order valence-corrected chi connectivity index (χ0v) is 22.9. The molecule has 8 heteroatoms. The van der Waals surface area contributed by atoms with Gasteiger partial charge in [-0.2, -0.15) is 0 Å². The van der Waals surface area contributed by atoms with Gasteiger partial charge in [0.05, 0.1) is 4.92 Å². The maximum Gasteiger partial charge on any atom is 0.269 e. The molecule has 0 atom stereocenters. The van der Waals surface area contributed by atoms with Crippen LogP contribution in [0, 0.1) is 37.8 Å². The van der Waals surface area contributed by atoms with Crippen LogP contribution in [0.25, 0.3) is 0 Å². The van der Waals surface area contributed by atoms with E-state index in [2.05, 4.69) is 16.0 Å². The Labute approximate surface area is 228 Å². The normalized spacial score (nSPS) is 13.7. The third kappa shape index (κ3) is 5.75. The molecule has 0 unspecified atom stereocenters. The molecule has 0 aliphatic carbocycles. The standard InChI is InChI=1S/C31H32N4O4/c1-17-10-12-19(3)25(14-17)33-30(36)27-21(5)32-22(6)28(29(27)23-8-7-9-24(16-23)35(38)39)31(37)34-26-15-18(2)11-13-20(26)4/h7-16,29,32H,1-6H3,(H,33,36)(H,34,37). The largest absolute Gasteiger partial charge is 0.362 e. The Morgan fingerprint density at radius 3 is 1.69 bits per heavy atom. The number of dihydropyridines is 1. The molecule has 0 spiro atoms. The second-order valence-corrected chi connectivity index (χ2v) is 10.0. The van der Waals surface area contributed by atoms with Crippen LogP contribution in [0.3, 0.4) is 0 Å². The third-order valence-corrected chi connectivity index (χ3v) is 6.95. The van der Waals surface area contributed by atoms with Crippen molar-refractivity contribution in [3.05, 3.63) is 121 Å². The number of aryl methyl sites for hydroxylation is 4. The summed E-state index contributed by atoms with van der Waals surface area (Å²) in [5, 5.41) is 20.8. The summed E-state index contributed by atoms with van der Waals surface area (Å²) in [6, 6.07) is 17.6. The SMILES string of the molecule is CC1=C(C(=O)Nc2cc(C)ccc2C)C(c2cccc([N+](=O)[O-])c2)C(C(=O)Nc2cc(C)ccc2C)=C(C)N1. The van der Waals surface area contributed by atoms with Gasteiger partial charge in [0, 0.05) is 52.0 Å². The summed E-state index contributed by atoms with van der Waals surface area (Å²) < 4.78 is 0. The van der Waals surface area contributed by atoms with Crippen molar-refractivity contribution in [2.75, 3.05) is 10.6 Å². The van der Waals surface area contributed by atoms with E-state index in [1.807, 2.05) is 64.1 Å². The van der Waals surface area contributed by atoms with E-state index in [0.29, 0.717) is 39.5 Å². The highest BCUT2D eigenvalue weighted by atomic mass is 16.6. The smallest absolute Gasteiger partial charge is 0.269 e. The van der Waals surface area contributed by atoms with Crippen LogP contribution < -0.4 is 16.0 Å². The predicted molar refractivity (Wildman–Crippen MR) is 153 cm³/mol. The van der Waals surface area contributed by atoms with Crippen LogP contribution in [-0.4, -0.2) is 16.7 Å². The number of amides is 2. The lowest BCUT2D eigenvalue weighted by atomic mass is 9.79. The molecule has 1 heterocycles. The Balaban J connectivity index is 1.83. The second kappa shape index (κ2) is 10.9. The van der Waals surface area contributed by atoms with Gasteiger partial charge in [0.2, 0.25) is 0 Å². The fourth-order valence-corrected chi connectivity index (χ4v) is 4.87. The monoisotopic (exact) mass is 524 g/mol. The van der Waals surface area contributed by atoms with E-state index in [1.54, 1.807) is 26.0 Å². The summed E-state index contributed by atoms with van der Waals surface area (Å²) in [6.07, 6.45) is 0. The first-order chi connectivity index (χ1) is 18.5. The molecule has 200 valence electrons. The first kappa shape index (κ1) is 27.3. The van der Waals surface area contributed by atoms with Crippen molar-refractivity contribution in [3.63, 3.8) is 0 Å². The number of hydrogen-bond donors (Lipinski definition) is 3. The number of carbonyl (C=O) groups is 2. The summed E-state index contributed by atoms with van der Waals surface area (Å²) in [5.41, 5.74) is 7.19. The number of nitrogens with zero attached hydrogens (tertiary/aromatic N) is 1. The molecule has 0 bridgehead atoms. The van der Waals surface area contributed by atoms with E-state index in [9.17, 15) is 19.7 Å². The lowest BCUT2D eigenvalue weighted by Crippen LogP contribution is -2.35. The average molecular weight is 525 g/mol. The van der Waals surface area contributed by atoms with Crippen molar-refractivity contribution in [1.82, 2.24) is 5.32 Å². The molecule has 1 aliphatic heterocycles. The number of anilines is 2. The number of nitrogens with one attached hydrogen (secondary N) is 3. The molecule has 0 saturated carbocycles. The molecule has 3 aromatic carbocycles. The molecule has 0 saturated heterocycles. The van der Waals surface area contributed by atoms with Gasteiger partial charge >= 0.3 is 0 Å². The number of carbonyl (C=O) groups excluding carboxylic acids is 2. The molecular formula is C31H32N4O4. The second-order valence-electron chi connectivity index (χ2n) is 10.0. The van der Waals surface area contributed by atoms with Crippen molar-refractivity contribution in [2.24, 2.45) is 0 Å². The minimum absolute atomic E-state index is 0.120. The Kier molecular flexibility index (Phi) is 7.67. The highest BCUT2D eigenvalue weighted by Crippen LogP contribution is 2.40. The lowest BCUT2D eigenvalue weighted by molar-refractivity contribution is -0.384. The Bertz CT molecular complexity index is 1480. The highest BCUT2D eigenvalue weighted by Gasteiger charge is 2.37. The third-order valence-electron chi connectivity index (χ3n) is 6.95. The predicted octanol–water partition coefficient (Wildman–Crippen LogP) is 6.34. The van der Waals surface area contributed by atoms with Gasteiger partial charge < -0.3 is 16.0 Å². The summed E-state index contributed by atoms with van der Waals surface area (Å²) in [4.78, 5) is 38.9. The minimum atomic E-state index is -0.846. The molecule has 3 aromatic rings. The maximum absolute atomic E-state index is 13.9. The Hall–Kier alpha value is -4.72. The number of nitro benzene ring substituents is 1. The van der Waals surface area contributed by atoms with Gasteiger partial charge in [-0.1, -0.05) is 36.4 Å². The first-order valence-corrected chi connectivity index (χ1v) is 12.7. The van der Waals surface area contributed by atoms with Crippen molar-refractivity contribution in [2.45, 2.75) is 47.5 Å². The van der Waals surface area contributed by atoms with E-state index >= 15 is 0 Å². The fourth-order valence-electron chi connectivity index (χ4n) is 4.87. The molecule has 39 heavy (non-hydrogen) atoms. The summed E-state index contributed by atoms with van der Waals surface area (Å²) in [6.45, 7) is 11.2. The molecule has 2 amide bonds. The molecule has 3 N–H and O–H groups in total. The minimum Gasteiger partial charge on any atom is -0.362 e. The first-order valence-electron chi connectivity index (χ1n) is 12.7. The number of hydrogen-bond acceptors (Lipinski definition) is 5. The molecule has 0 aromatic heterocycles. The quantitative estimate of drug-likeness (QED) is 0.257. The van der Waals surface area contributed by atoms with E-state index in [4.69, 9.17) is 0 Å². The summed E-state index contributed by atoms with van der Waals surface area (Å²) in [7, 11) is 0. The highest BCUT2D eigenvalue weighted by molar-refractivity contribution is 6.12. The number of benzene rings is 3. The van der Waals surface area contributed by atoms with Crippen LogP contribution in [0.2, 0.25) is 0 Å². The van der Waals surface area contributed by atoms with Crippen LogP contribution in [0.15, 0.2) is 83.2 Å². The Morgan fingerprint density at radius 2 is 1.23 bits per heavy atom. The maximum atomic E-state index is 13.9. The summed E-state index contributed by atoms with van der Waals surface area (Å²) >= 11 is 0. The van der Waals surface area contributed by atoms with Crippen molar-refractivity contribution < 1.29 is 14.5 Å². The van der Waals surface area contributed by atoms with Crippen LogP contribution in [0.1, 0.15) is 47.6 Å². The molecular weight excluding hydrogens is 492 g/mol. The van der Waals surface area contributed by atoms with Crippen molar-refractivity contribution in [3.8, 4) is 0 Å². The number of rotatable bonds is 6.